The molecule has 89 heavy (non-hydrogen) atoms. The van der Waals surface area contributed by atoms with Crippen LogP contribution in [0.5, 0.6) is 0 Å². The van der Waals surface area contributed by atoms with Gasteiger partial charge in [-0.15, -0.1) is 0 Å². The van der Waals surface area contributed by atoms with Gasteiger partial charge >= 0.3 is 6.03 Å². The van der Waals surface area contributed by atoms with Gasteiger partial charge in [0, 0.05) is 18.7 Å². The summed E-state index contributed by atoms with van der Waals surface area (Å²) >= 11 is 0. The molecule has 488 valence electrons. The quantitative estimate of drug-likeness (QED) is 0.0402. The number of aliphatic hydroxyl groups is 2. The van der Waals surface area contributed by atoms with Crippen LogP contribution in [0.1, 0.15) is 78.2 Å². The number of carbonyl (C=O) groups excluding carboxylic acids is 11. The van der Waals surface area contributed by atoms with Crippen LogP contribution in [0.25, 0.3) is 11.1 Å². The maximum atomic E-state index is 14.5. The van der Waals surface area contributed by atoms with E-state index in [9.17, 15) is 63.0 Å². The lowest BCUT2D eigenvalue weighted by molar-refractivity contribution is -0.148. The van der Waals surface area contributed by atoms with Gasteiger partial charge in [0.25, 0.3) is 5.91 Å². The van der Waals surface area contributed by atoms with E-state index in [0.29, 0.717) is 17.7 Å². The molecule has 1 heterocycles. The first kappa shape index (κ1) is 72.8. The van der Waals surface area contributed by atoms with Crippen molar-refractivity contribution in [2.24, 2.45) is 34.6 Å². The third-order valence-electron chi connectivity index (χ3n) is 14.6. The lowest BCUT2D eigenvalue weighted by Crippen LogP contribution is -2.63. The third-order valence-corrected chi connectivity index (χ3v) is 14.6. The maximum absolute atomic E-state index is 14.5. The number of benzene rings is 3. The van der Waals surface area contributed by atoms with Crippen molar-refractivity contribution >= 4 is 70.8 Å². The number of urea groups is 1. The summed E-state index contributed by atoms with van der Waals surface area (Å²) in [4.78, 5) is 154. The minimum atomic E-state index is -2.72. The second-order valence-corrected chi connectivity index (χ2v) is 21.7. The van der Waals surface area contributed by atoms with Gasteiger partial charge in [0.05, 0.1) is 6.10 Å². The van der Waals surface area contributed by atoms with E-state index in [2.05, 4.69) is 63.8 Å². The molecule has 1 fully saturated rings. The van der Waals surface area contributed by atoms with Crippen LogP contribution in [0.3, 0.4) is 0 Å². The third kappa shape index (κ3) is 23.1. The Hall–Kier alpha value is -8.65. The Balaban J connectivity index is 1.66. The monoisotopic (exact) mass is 1240 g/mol. The molecule has 4 rings (SSSR count). The highest BCUT2D eigenvalue weighted by Gasteiger charge is 2.39. The number of hydrogen-bond donors (Lipinski definition) is 19. The first-order valence-corrected chi connectivity index (χ1v) is 29.6. The predicted molar refractivity (Wildman–Crippen MR) is 329 cm³/mol. The summed E-state index contributed by atoms with van der Waals surface area (Å²) in [5.74, 6) is -10.6. The number of hydrogen-bond acceptors (Lipinski definition) is 18. The Labute approximate surface area is 516 Å². The summed E-state index contributed by atoms with van der Waals surface area (Å²) in [6.07, 6.45) is -2.98. The van der Waals surface area contributed by atoms with Gasteiger partial charge in [-0.25, -0.2) is 4.79 Å². The predicted octanol–water partition coefficient (Wildman–Crippen LogP) is -4.52. The molecular weight excluding hydrogens is 1150 g/mol. The molecule has 0 bridgehead atoms. The molecule has 3 aromatic rings. The Morgan fingerprint density at radius 3 is 1.62 bits per heavy atom. The van der Waals surface area contributed by atoms with E-state index in [1.54, 1.807) is 68.4 Å². The summed E-state index contributed by atoms with van der Waals surface area (Å²) in [5, 5.41) is 52.2. The molecule has 12 amide bonds. The number of amides is 12. The van der Waals surface area contributed by atoms with Crippen LogP contribution >= 0.6 is 0 Å². The van der Waals surface area contributed by atoms with Crippen molar-refractivity contribution in [3.63, 3.8) is 0 Å². The summed E-state index contributed by atoms with van der Waals surface area (Å²) in [6, 6.07) is 10.6. The van der Waals surface area contributed by atoms with Crippen molar-refractivity contribution in [2.75, 3.05) is 44.6 Å². The van der Waals surface area contributed by atoms with E-state index in [1.165, 1.54) is 6.92 Å². The highest BCUT2D eigenvalue weighted by atomic mass is 16.3. The molecule has 0 saturated carbocycles. The number of rotatable bonds is 24. The molecular formula is C59H89N17O13. The number of nitrogens with one attached hydrogen (secondary N) is 12. The molecule has 30 heteroatoms. The molecule has 30 nitrogen and oxygen atoms in total. The zero-order valence-electron chi connectivity index (χ0n) is 50.6. The lowest BCUT2D eigenvalue weighted by atomic mass is 9.96. The van der Waals surface area contributed by atoms with Crippen LogP contribution in [-0.2, 0) is 54.4 Å². The zero-order valence-corrected chi connectivity index (χ0v) is 50.6. The number of anilines is 1. The average molecular weight is 1240 g/mol. The first-order valence-electron chi connectivity index (χ1n) is 29.6. The minimum Gasteiger partial charge on any atom is -0.391 e. The topological polar surface area (TPSA) is 503 Å². The van der Waals surface area contributed by atoms with Gasteiger partial charge in [-0.3, -0.25) is 47.9 Å². The van der Waals surface area contributed by atoms with Gasteiger partial charge in [0.2, 0.25) is 58.9 Å². The van der Waals surface area contributed by atoms with Gasteiger partial charge in [-0.1, -0.05) is 93.1 Å². The fourth-order valence-corrected chi connectivity index (χ4v) is 9.32. The van der Waals surface area contributed by atoms with Crippen molar-refractivity contribution in [2.45, 2.75) is 145 Å². The summed E-state index contributed by atoms with van der Waals surface area (Å²) in [6.45, 7) is 4.10. The fourth-order valence-electron chi connectivity index (χ4n) is 9.32. The maximum Gasteiger partial charge on any atom is 0.319 e. The molecule has 0 spiro atoms. The van der Waals surface area contributed by atoms with E-state index >= 15 is 0 Å². The van der Waals surface area contributed by atoms with Crippen LogP contribution < -0.4 is 92.5 Å². The van der Waals surface area contributed by atoms with Crippen molar-refractivity contribution in [3.05, 3.63) is 90.5 Å². The standard InChI is InChI=1S/C59H89N17O13/c1-5-33(2)46-55(85)70-40(21-27-61)48(78)68-43(24-30-64)54(84)76-59(4,89)57(87)65-31-25-44(51(81)67-39(20-26-60)50(80)72-45(53(83)74-46)32-35-12-8-6-9-13-35)69-49(79)41(22-28-62)71-56(86)47(34(3)77)75-52(82)42(23-29-63)73-58(88)66-38-18-16-37(17-19-38)36-14-10-7-11-15-36/h6-19,33-34,39-47,77,89H,5,20-32,60-64H2,1-4H3,(H,65,87)(H,67,81)(H,68,78)(H,69,79)(H,70,85)(H,71,86)(H,72,80)(H,74,83)(H,75,82)(H,76,84)(H2,66,73,88)/t33-,34+,39-,40-,41-,42-,43-,44-,45+,46-,47-,59-/m0/s1. The molecule has 0 radical (unpaired) electrons. The molecule has 0 unspecified atom stereocenters. The Kier molecular flexibility index (Phi) is 30.0. The van der Waals surface area contributed by atoms with Gasteiger partial charge in [0.15, 0.2) is 0 Å². The number of nitrogens with two attached hydrogens (primary N) is 5. The largest absolute Gasteiger partial charge is 0.391 e. The highest BCUT2D eigenvalue weighted by Crippen LogP contribution is 2.21. The first-order chi connectivity index (χ1) is 42.4. The molecule has 0 aromatic heterocycles. The molecule has 0 aliphatic carbocycles. The smallest absolute Gasteiger partial charge is 0.319 e. The normalized spacial score (nSPS) is 22.7. The molecule has 1 aliphatic rings. The van der Waals surface area contributed by atoms with Crippen molar-refractivity contribution in [3.8, 4) is 11.1 Å². The molecule has 12 atom stereocenters. The molecule has 24 N–H and O–H groups in total. The Morgan fingerprint density at radius 1 is 0.584 bits per heavy atom. The van der Waals surface area contributed by atoms with Crippen LogP contribution in [-0.4, -0.2) is 181 Å². The lowest BCUT2D eigenvalue weighted by Gasteiger charge is -2.30. The van der Waals surface area contributed by atoms with E-state index in [-0.39, 0.29) is 71.2 Å². The number of aliphatic hydroxyl groups excluding tert-OH is 1. The second kappa shape index (κ2) is 36.6. The zero-order chi connectivity index (χ0) is 65.8. The van der Waals surface area contributed by atoms with Crippen molar-refractivity contribution < 1.29 is 63.0 Å². The van der Waals surface area contributed by atoms with Crippen LogP contribution in [0, 0.1) is 5.92 Å². The number of carbonyl (C=O) groups is 11. The van der Waals surface area contributed by atoms with Crippen molar-refractivity contribution in [1.29, 1.82) is 0 Å². The van der Waals surface area contributed by atoms with Crippen LogP contribution in [0.2, 0.25) is 0 Å². The summed E-state index contributed by atoms with van der Waals surface area (Å²) < 4.78 is 0. The molecule has 3 aromatic carbocycles. The second-order valence-electron chi connectivity index (χ2n) is 21.7. The molecule has 1 aliphatic heterocycles. The minimum absolute atomic E-state index is 0.0976. The van der Waals surface area contributed by atoms with E-state index in [4.69, 9.17) is 28.7 Å². The van der Waals surface area contributed by atoms with Crippen molar-refractivity contribution in [1.82, 2.24) is 58.5 Å². The summed E-state index contributed by atoms with van der Waals surface area (Å²) in [7, 11) is 0. The van der Waals surface area contributed by atoms with Crippen LogP contribution in [0.15, 0.2) is 84.9 Å². The van der Waals surface area contributed by atoms with E-state index < -0.39 is 150 Å². The average Bonchev–Trinajstić information content (AvgIpc) is 3.71. The Morgan fingerprint density at radius 2 is 1.08 bits per heavy atom. The van der Waals surface area contributed by atoms with Gasteiger partial charge in [0.1, 0.15) is 54.4 Å². The van der Waals surface area contributed by atoms with Crippen LogP contribution in [0.4, 0.5) is 10.5 Å². The SMILES string of the molecule is CC[C@H](C)[C@@H]1NC(=O)[C@@H](Cc2ccccc2)NC(=O)[C@H](CCN)NC(=O)[C@@H](NC(=O)[C@H](CCN)NC(=O)[C@@H](NC(=O)[C@H](CCN)NC(=O)Nc2ccc(-c3ccccc3)cc2)[C@@H](C)O)CCNC(=O)[C@](C)(O)NC(=O)[C@H](CCN)NC(=O)[C@H](CCN)NC1=O. The van der Waals surface area contributed by atoms with E-state index in [0.717, 1.165) is 18.1 Å². The van der Waals surface area contributed by atoms with Gasteiger partial charge in [-0.05, 0) is 120 Å². The fraction of sp³-hybridized carbons (Fsp3) is 0.508. The van der Waals surface area contributed by atoms with Gasteiger partial charge in [-0.2, -0.15) is 0 Å². The summed E-state index contributed by atoms with van der Waals surface area (Å²) in [5.41, 5.74) is 29.4. The Bertz CT molecular complexity index is 2850. The molecule has 1 saturated heterocycles. The highest BCUT2D eigenvalue weighted by molar-refractivity contribution is 6.00. The van der Waals surface area contributed by atoms with E-state index in [1.807, 2.05) is 30.3 Å². The van der Waals surface area contributed by atoms with Gasteiger partial charge < -0.3 is 103 Å².